The summed E-state index contributed by atoms with van der Waals surface area (Å²) in [7, 11) is 0. The summed E-state index contributed by atoms with van der Waals surface area (Å²) in [5, 5.41) is 0. The highest BCUT2D eigenvalue weighted by atomic mass is 79.9. The molecule has 0 saturated heterocycles. The van der Waals surface area contributed by atoms with Crippen molar-refractivity contribution in [1.82, 2.24) is 0 Å². The number of hydrogen-bond donors (Lipinski definition) is 0. The fourth-order valence-corrected chi connectivity index (χ4v) is 0.658. The SMILES string of the molecule is CCOCC(Br)C(C)(C)C. The second-order valence-corrected chi connectivity index (χ2v) is 4.60. The largest absolute Gasteiger partial charge is 0.381 e. The number of ether oxygens (including phenoxy) is 1. The zero-order chi connectivity index (χ0) is 8.20. The van der Waals surface area contributed by atoms with Gasteiger partial charge in [0.05, 0.1) is 6.61 Å². The number of halogens is 1. The van der Waals surface area contributed by atoms with Gasteiger partial charge >= 0.3 is 0 Å². The van der Waals surface area contributed by atoms with Crippen LogP contribution < -0.4 is 0 Å². The van der Waals surface area contributed by atoms with E-state index >= 15 is 0 Å². The first-order chi connectivity index (χ1) is 4.48. The second-order valence-electron chi connectivity index (χ2n) is 3.49. The average Bonchev–Trinajstić information content (AvgIpc) is 1.80. The monoisotopic (exact) mass is 208 g/mol. The lowest BCUT2D eigenvalue weighted by molar-refractivity contribution is 0.127. The van der Waals surface area contributed by atoms with Crippen LogP contribution in [0.1, 0.15) is 27.7 Å². The Labute approximate surface area is 72.3 Å². The predicted molar refractivity (Wildman–Crippen MR) is 48.7 cm³/mol. The van der Waals surface area contributed by atoms with Crippen LogP contribution in [-0.2, 0) is 4.74 Å². The molecule has 0 bridgehead atoms. The van der Waals surface area contributed by atoms with Gasteiger partial charge in [-0.15, -0.1) is 0 Å². The summed E-state index contributed by atoms with van der Waals surface area (Å²) < 4.78 is 5.27. The van der Waals surface area contributed by atoms with Crippen molar-refractivity contribution in [1.29, 1.82) is 0 Å². The van der Waals surface area contributed by atoms with Crippen LogP contribution in [0.2, 0.25) is 0 Å². The summed E-state index contributed by atoms with van der Waals surface area (Å²) in [5.74, 6) is 0. The molecule has 0 radical (unpaired) electrons. The Morgan fingerprint density at radius 1 is 1.40 bits per heavy atom. The van der Waals surface area contributed by atoms with Gasteiger partial charge in [-0.05, 0) is 12.3 Å². The molecule has 0 aliphatic heterocycles. The molecule has 0 heterocycles. The van der Waals surface area contributed by atoms with Gasteiger partial charge in [-0.1, -0.05) is 36.7 Å². The van der Waals surface area contributed by atoms with E-state index in [9.17, 15) is 0 Å². The molecule has 0 aromatic heterocycles. The van der Waals surface area contributed by atoms with E-state index in [1.54, 1.807) is 0 Å². The maximum absolute atomic E-state index is 5.27. The van der Waals surface area contributed by atoms with E-state index in [4.69, 9.17) is 4.74 Å². The van der Waals surface area contributed by atoms with Gasteiger partial charge in [-0.25, -0.2) is 0 Å². The van der Waals surface area contributed by atoms with Gasteiger partial charge in [-0.3, -0.25) is 0 Å². The van der Waals surface area contributed by atoms with E-state index in [1.807, 2.05) is 6.92 Å². The van der Waals surface area contributed by atoms with Crippen LogP contribution in [0.5, 0.6) is 0 Å². The van der Waals surface area contributed by atoms with Crippen LogP contribution in [0.4, 0.5) is 0 Å². The highest BCUT2D eigenvalue weighted by molar-refractivity contribution is 9.09. The quantitative estimate of drug-likeness (QED) is 0.649. The average molecular weight is 209 g/mol. The van der Waals surface area contributed by atoms with Crippen molar-refractivity contribution in [2.75, 3.05) is 13.2 Å². The summed E-state index contributed by atoms with van der Waals surface area (Å²) >= 11 is 3.57. The summed E-state index contributed by atoms with van der Waals surface area (Å²) in [6, 6.07) is 0. The third-order valence-electron chi connectivity index (χ3n) is 1.41. The topological polar surface area (TPSA) is 9.23 Å². The van der Waals surface area contributed by atoms with E-state index in [0.717, 1.165) is 13.2 Å². The fraction of sp³-hybridized carbons (Fsp3) is 1.00. The molecule has 2 heteroatoms. The summed E-state index contributed by atoms with van der Waals surface area (Å²) in [6.07, 6.45) is 0. The van der Waals surface area contributed by atoms with E-state index in [1.165, 1.54) is 0 Å². The third kappa shape index (κ3) is 4.29. The second kappa shape index (κ2) is 4.35. The first kappa shape index (κ1) is 10.4. The lowest BCUT2D eigenvalue weighted by atomic mass is 9.93. The molecule has 10 heavy (non-hydrogen) atoms. The molecule has 62 valence electrons. The predicted octanol–water partition coefficient (Wildman–Crippen LogP) is 2.83. The minimum Gasteiger partial charge on any atom is -0.381 e. The molecule has 1 nitrogen and oxygen atoms in total. The summed E-state index contributed by atoms with van der Waals surface area (Å²) in [4.78, 5) is 0.458. The van der Waals surface area contributed by atoms with Crippen LogP contribution in [-0.4, -0.2) is 18.0 Å². The Morgan fingerprint density at radius 3 is 2.20 bits per heavy atom. The van der Waals surface area contributed by atoms with Gasteiger partial charge in [0, 0.05) is 11.4 Å². The zero-order valence-electron chi connectivity index (χ0n) is 7.28. The van der Waals surface area contributed by atoms with E-state index in [0.29, 0.717) is 10.2 Å². The number of rotatable bonds is 3. The van der Waals surface area contributed by atoms with Crippen molar-refractivity contribution in [3.8, 4) is 0 Å². The molecule has 1 atom stereocenters. The Hall–Kier alpha value is 0.440. The molecule has 1 unspecified atom stereocenters. The van der Waals surface area contributed by atoms with Gasteiger partial charge < -0.3 is 4.74 Å². The first-order valence-corrected chi connectivity index (χ1v) is 4.62. The van der Waals surface area contributed by atoms with Crippen molar-refractivity contribution in [2.24, 2.45) is 5.41 Å². The number of alkyl halides is 1. The molecule has 0 aromatic rings. The molecular formula is C8H17BrO. The molecule has 0 rings (SSSR count). The molecule has 0 fully saturated rings. The molecule has 0 aliphatic carbocycles. The Balaban J connectivity index is 3.52. The molecule has 0 spiro atoms. The van der Waals surface area contributed by atoms with Crippen LogP contribution in [0.3, 0.4) is 0 Å². The normalized spacial score (nSPS) is 15.3. The van der Waals surface area contributed by atoms with Gasteiger partial charge in [0.15, 0.2) is 0 Å². The van der Waals surface area contributed by atoms with Crippen LogP contribution in [0.15, 0.2) is 0 Å². The molecule has 0 N–H and O–H groups in total. The molecule has 0 saturated carbocycles. The van der Waals surface area contributed by atoms with Gasteiger partial charge in [-0.2, -0.15) is 0 Å². The molecule has 0 aromatic carbocycles. The fourth-order valence-electron chi connectivity index (χ4n) is 0.471. The third-order valence-corrected chi connectivity index (χ3v) is 3.05. The molecular weight excluding hydrogens is 192 g/mol. The maximum atomic E-state index is 5.27. The Bertz CT molecular complexity index is 85.7. The zero-order valence-corrected chi connectivity index (χ0v) is 8.86. The van der Waals surface area contributed by atoms with Gasteiger partial charge in [0.1, 0.15) is 0 Å². The van der Waals surface area contributed by atoms with Crippen molar-refractivity contribution in [2.45, 2.75) is 32.5 Å². The van der Waals surface area contributed by atoms with Crippen LogP contribution >= 0.6 is 15.9 Å². The van der Waals surface area contributed by atoms with E-state index < -0.39 is 0 Å². The Kier molecular flexibility index (Phi) is 4.54. The van der Waals surface area contributed by atoms with E-state index in [2.05, 4.69) is 36.7 Å². The van der Waals surface area contributed by atoms with Crippen molar-refractivity contribution in [3.63, 3.8) is 0 Å². The van der Waals surface area contributed by atoms with Crippen molar-refractivity contribution in [3.05, 3.63) is 0 Å². The van der Waals surface area contributed by atoms with Crippen LogP contribution in [0, 0.1) is 5.41 Å². The van der Waals surface area contributed by atoms with Crippen molar-refractivity contribution >= 4 is 15.9 Å². The van der Waals surface area contributed by atoms with Crippen LogP contribution in [0.25, 0.3) is 0 Å². The molecule has 0 aliphatic rings. The van der Waals surface area contributed by atoms with Gasteiger partial charge in [0.25, 0.3) is 0 Å². The minimum absolute atomic E-state index is 0.301. The first-order valence-electron chi connectivity index (χ1n) is 3.70. The van der Waals surface area contributed by atoms with Crippen molar-refractivity contribution < 1.29 is 4.74 Å². The lowest BCUT2D eigenvalue weighted by Crippen LogP contribution is -2.25. The summed E-state index contributed by atoms with van der Waals surface area (Å²) in [6.45, 7) is 10.2. The molecule has 0 amide bonds. The lowest BCUT2D eigenvalue weighted by Gasteiger charge is -2.24. The van der Waals surface area contributed by atoms with Gasteiger partial charge in [0.2, 0.25) is 0 Å². The Morgan fingerprint density at radius 2 is 1.90 bits per heavy atom. The minimum atomic E-state index is 0.301. The maximum Gasteiger partial charge on any atom is 0.0596 e. The highest BCUT2D eigenvalue weighted by Crippen LogP contribution is 2.25. The standard InChI is InChI=1S/C8H17BrO/c1-5-10-6-7(9)8(2,3)4/h7H,5-6H2,1-4H3. The number of hydrogen-bond acceptors (Lipinski definition) is 1. The smallest absolute Gasteiger partial charge is 0.0596 e. The highest BCUT2D eigenvalue weighted by Gasteiger charge is 2.21. The summed E-state index contributed by atoms with van der Waals surface area (Å²) in [5.41, 5.74) is 0.301. The van der Waals surface area contributed by atoms with E-state index in [-0.39, 0.29) is 0 Å².